The Bertz CT molecular complexity index is 659. The molecule has 0 spiro atoms. The molecule has 0 saturated heterocycles. The number of aromatic nitrogens is 4. The summed E-state index contributed by atoms with van der Waals surface area (Å²) >= 11 is 0. The summed E-state index contributed by atoms with van der Waals surface area (Å²) in [5.74, 6) is -0.269. The van der Waals surface area contributed by atoms with Crippen molar-refractivity contribution in [1.82, 2.24) is 24.9 Å². The lowest BCUT2D eigenvalue weighted by atomic mass is 10.3. The molecule has 1 amide bonds. The summed E-state index contributed by atoms with van der Waals surface area (Å²) < 4.78 is 40.4. The van der Waals surface area contributed by atoms with Gasteiger partial charge in [0.15, 0.2) is 5.69 Å². The first-order valence-corrected chi connectivity index (χ1v) is 6.62. The van der Waals surface area contributed by atoms with Crippen molar-refractivity contribution in [2.24, 2.45) is 7.05 Å². The van der Waals surface area contributed by atoms with Gasteiger partial charge in [-0.05, 0) is 19.1 Å². The average molecular weight is 315 g/mol. The molecule has 0 aromatic carbocycles. The number of nitrogens with one attached hydrogen (secondary N) is 1. The van der Waals surface area contributed by atoms with Crippen LogP contribution in [0.4, 0.5) is 13.2 Å². The topological polar surface area (TPSA) is 64.7 Å². The van der Waals surface area contributed by atoms with Crippen molar-refractivity contribution >= 4 is 5.91 Å². The molecule has 0 atom stereocenters. The van der Waals surface area contributed by atoms with Crippen LogP contribution >= 0.6 is 0 Å². The summed E-state index contributed by atoms with van der Waals surface area (Å²) in [6, 6.07) is 2.74. The van der Waals surface area contributed by atoms with Crippen molar-refractivity contribution in [3.05, 3.63) is 35.4 Å². The van der Waals surface area contributed by atoms with Gasteiger partial charge in [0.25, 0.3) is 0 Å². The van der Waals surface area contributed by atoms with E-state index in [0.29, 0.717) is 11.4 Å². The first kappa shape index (κ1) is 16.1. The highest BCUT2D eigenvalue weighted by molar-refractivity contribution is 5.75. The SMILES string of the molecule is Cc1cc(C(F)(F)F)nn1CCC(=O)NCc1ccn(C)n1. The maximum Gasteiger partial charge on any atom is 0.435 e. The zero-order chi connectivity index (χ0) is 16.3. The molecule has 2 heterocycles. The number of halogens is 3. The van der Waals surface area contributed by atoms with E-state index in [1.807, 2.05) is 0 Å². The fourth-order valence-electron chi connectivity index (χ4n) is 1.92. The lowest BCUT2D eigenvalue weighted by molar-refractivity contribution is -0.141. The Hall–Kier alpha value is -2.32. The van der Waals surface area contributed by atoms with E-state index < -0.39 is 11.9 Å². The summed E-state index contributed by atoms with van der Waals surface area (Å²) in [6.07, 6.45) is -2.67. The Kier molecular flexibility index (Phi) is 4.53. The second kappa shape index (κ2) is 6.20. The van der Waals surface area contributed by atoms with Gasteiger partial charge in [-0.25, -0.2) is 0 Å². The lowest BCUT2D eigenvalue weighted by Gasteiger charge is -2.06. The maximum absolute atomic E-state index is 12.5. The predicted molar refractivity (Wildman–Crippen MR) is 71.6 cm³/mol. The minimum Gasteiger partial charge on any atom is -0.350 e. The van der Waals surface area contributed by atoms with Gasteiger partial charge in [0.1, 0.15) is 0 Å². The zero-order valence-corrected chi connectivity index (χ0v) is 12.2. The normalized spacial score (nSPS) is 11.7. The van der Waals surface area contributed by atoms with Crippen LogP contribution in [0.25, 0.3) is 0 Å². The van der Waals surface area contributed by atoms with E-state index in [4.69, 9.17) is 0 Å². The first-order valence-electron chi connectivity index (χ1n) is 6.62. The van der Waals surface area contributed by atoms with Crippen molar-refractivity contribution in [2.45, 2.75) is 32.6 Å². The molecule has 0 aliphatic heterocycles. The van der Waals surface area contributed by atoms with Crippen molar-refractivity contribution < 1.29 is 18.0 Å². The Morgan fingerprint density at radius 3 is 2.64 bits per heavy atom. The summed E-state index contributed by atoms with van der Waals surface area (Å²) in [5.41, 5.74) is 0.134. The number of hydrogen-bond acceptors (Lipinski definition) is 3. The first-order chi connectivity index (χ1) is 10.3. The van der Waals surface area contributed by atoms with Crippen LogP contribution < -0.4 is 5.32 Å². The minimum absolute atomic E-state index is 0.0483. The molecule has 22 heavy (non-hydrogen) atoms. The standard InChI is InChI=1S/C13H16F3N5O/c1-9-7-11(13(14,15)16)19-21(9)6-4-12(22)17-8-10-3-5-20(2)18-10/h3,5,7H,4,6,8H2,1-2H3,(H,17,22). The molecule has 0 aliphatic rings. The fraction of sp³-hybridized carbons (Fsp3) is 0.462. The Morgan fingerprint density at radius 1 is 1.36 bits per heavy atom. The highest BCUT2D eigenvalue weighted by Gasteiger charge is 2.34. The van der Waals surface area contributed by atoms with Crippen molar-refractivity contribution in [3.63, 3.8) is 0 Å². The average Bonchev–Trinajstić information content (AvgIpc) is 3.00. The van der Waals surface area contributed by atoms with Gasteiger partial charge in [-0.2, -0.15) is 23.4 Å². The molecular formula is C13H16F3N5O. The van der Waals surface area contributed by atoms with Gasteiger partial charge < -0.3 is 5.32 Å². The third-order valence-electron chi connectivity index (χ3n) is 3.06. The van der Waals surface area contributed by atoms with E-state index in [1.165, 1.54) is 11.6 Å². The van der Waals surface area contributed by atoms with Crippen LogP contribution in [0.3, 0.4) is 0 Å². The van der Waals surface area contributed by atoms with Crippen molar-refractivity contribution in [1.29, 1.82) is 0 Å². The molecule has 0 unspecified atom stereocenters. The highest BCUT2D eigenvalue weighted by Crippen LogP contribution is 2.28. The fourth-order valence-corrected chi connectivity index (χ4v) is 1.92. The van der Waals surface area contributed by atoms with Gasteiger partial charge in [-0.1, -0.05) is 0 Å². The maximum atomic E-state index is 12.5. The van der Waals surface area contributed by atoms with E-state index in [-0.39, 0.29) is 25.4 Å². The lowest BCUT2D eigenvalue weighted by Crippen LogP contribution is -2.24. The van der Waals surface area contributed by atoms with Crippen LogP contribution in [0.5, 0.6) is 0 Å². The number of nitrogens with zero attached hydrogens (tertiary/aromatic N) is 4. The van der Waals surface area contributed by atoms with Gasteiger partial charge in [-0.3, -0.25) is 14.2 Å². The smallest absolute Gasteiger partial charge is 0.350 e. The molecule has 120 valence electrons. The number of amides is 1. The number of aryl methyl sites for hydroxylation is 3. The molecule has 2 aromatic heterocycles. The molecule has 0 radical (unpaired) electrons. The molecule has 2 rings (SSSR count). The molecule has 6 nitrogen and oxygen atoms in total. The molecule has 9 heteroatoms. The monoisotopic (exact) mass is 315 g/mol. The van der Waals surface area contributed by atoms with Crippen LogP contribution in [0.1, 0.15) is 23.5 Å². The van der Waals surface area contributed by atoms with E-state index in [1.54, 1.807) is 24.0 Å². The molecule has 1 N–H and O–H groups in total. The van der Waals surface area contributed by atoms with Crippen LogP contribution in [0.2, 0.25) is 0 Å². The molecule has 0 fully saturated rings. The summed E-state index contributed by atoms with van der Waals surface area (Å²) in [4.78, 5) is 11.7. The van der Waals surface area contributed by atoms with E-state index in [0.717, 1.165) is 6.07 Å². The number of hydrogen-bond donors (Lipinski definition) is 1. The van der Waals surface area contributed by atoms with Gasteiger partial charge in [0.2, 0.25) is 5.91 Å². The third-order valence-corrected chi connectivity index (χ3v) is 3.06. The van der Waals surface area contributed by atoms with Crippen molar-refractivity contribution in [2.75, 3.05) is 0 Å². The number of rotatable bonds is 5. The Morgan fingerprint density at radius 2 is 2.09 bits per heavy atom. The second-order valence-corrected chi connectivity index (χ2v) is 4.90. The molecule has 0 aliphatic carbocycles. The number of alkyl halides is 3. The zero-order valence-electron chi connectivity index (χ0n) is 12.2. The summed E-state index contributed by atoms with van der Waals surface area (Å²) in [6.45, 7) is 1.90. The largest absolute Gasteiger partial charge is 0.435 e. The van der Waals surface area contributed by atoms with Gasteiger partial charge in [-0.15, -0.1) is 0 Å². The summed E-state index contributed by atoms with van der Waals surface area (Å²) in [5, 5.41) is 10.2. The Balaban J connectivity index is 1.85. The van der Waals surface area contributed by atoms with Gasteiger partial charge in [0, 0.05) is 31.9 Å². The van der Waals surface area contributed by atoms with E-state index >= 15 is 0 Å². The molecule has 2 aromatic rings. The van der Waals surface area contributed by atoms with Crippen LogP contribution in [0.15, 0.2) is 18.3 Å². The Labute approximate surface area is 124 Å². The molecule has 0 bridgehead atoms. The number of carbonyl (C=O) groups is 1. The predicted octanol–water partition coefficient (Wildman–Crippen LogP) is 1.65. The van der Waals surface area contributed by atoms with Crippen LogP contribution in [0, 0.1) is 6.92 Å². The highest BCUT2D eigenvalue weighted by atomic mass is 19.4. The quantitative estimate of drug-likeness (QED) is 0.912. The second-order valence-electron chi connectivity index (χ2n) is 4.90. The van der Waals surface area contributed by atoms with Crippen molar-refractivity contribution in [3.8, 4) is 0 Å². The number of carbonyl (C=O) groups excluding carboxylic acids is 1. The minimum atomic E-state index is -4.47. The van der Waals surface area contributed by atoms with Crippen LogP contribution in [-0.4, -0.2) is 25.5 Å². The summed E-state index contributed by atoms with van der Waals surface area (Å²) in [7, 11) is 1.77. The van der Waals surface area contributed by atoms with E-state index in [2.05, 4.69) is 15.5 Å². The van der Waals surface area contributed by atoms with E-state index in [9.17, 15) is 18.0 Å². The third kappa shape index (κ3) is 4.09. The van der Waals surface area contributed by atoms with Crippen LogP contribution in [-0.2, 0) is 31.1 Å². The van der Waals surface area contributed by atoms with Gasteiger partial charge >= 0.3 is 6.18 Å². The van der Waals surface area contributed by atoms with Gasteiger partial charge in [0.05, 0.1) is 12.2 Å². The molecular weight excluding hydrogens is 299 g/mol. The molecule has 0 saturated carbocycles.